The van der Waals surface area contributed by atoms with Crippen LogP contribution in [0.1, 0.15) is 17.5 Å². The van der Waals surface area contributed by atoms with E-state index < -0.39 is 0 Å². The van der Waals surface area contributed by atoms with Crippen molar-refractivity contribution in [2.24, 2.45) is 0 Å². The van der Waals surface area contributed by atoms with Gasteiger partial charge < -0.3 is 9.72 Å². The number of carbonyl (C=O) groups excluding carboxylic acids is 1. The minimum absolute atomic E-state index is 0.0697. The van der Waals surface area contributed by atoms with Crippen LogP contribution in [-0.2, 0) is 0 Å². The molecule has 0 spiro atoms. The highest BCUT2D eigenvalue weighted by atomic mass is 16.5. The molecule has 0 unspecified atom stereocenters. The van der Waals surface area contributed by atoms with Crippen LogP contribution >= 0.6 is 0 Å². The summed E-state index contributed by atoms with van der Waals surface area (Å²) in [5.74, 6) is 1.11. The molecule has 4 heteroatoms. The molecule has 0 saturated heterocycles. The summed E-state index contributed by atoms with van der Waals surface area (Å²) in [6, 6.07) is 7.56. The SMILES string of the molecule is COc1ccc(-c2cnc(C(C)=O)[nH]2)cc1. The summed E-state index contributed by atoms with van der Waals surface area (Å²) in [4.78, 5) is 18.0. The second-order valence-corrected chi connectivity index (χ2v) is 3.43. The number of H-pyrrole nitrogens is 1. The Morgan fingerprint density at radius 2 is 2.00 bits per heavy atom. The molecule has 1 heterocycles. The van der Waals surface area contributed by atoms with Gasteiger partial charge in [0.2, 0.25) is 0 Å². The topological polar surface area (TPSA) is 55.0 Å². The van der Waals surface area contributed by atoms with Crippen LogP contribution in [0.3, 0.4) is 0 Å². The average molecular weight is 216 g/mol. The molecular weight excluding hydrogens is 204 g/mol. The van der Waals surface area contributed by atoms with E-state index in [2.05, 4.69) is 9.97 Å². The summed E-state index contributed by atoms with van der Waals surface area (Å²) in [6.45, 7) is 1.48. The number of hydrogen-bond donors (Lipinski definition) is 1. The van der Waals surface area contributed by atoms with E-state index in [0.29, 0.717) is 5.82 Å². The number of carbonyl (C=O) groups is 1. The average Bonchev–Trinajstić information content (AvgIpc) is 2.78. The number of nitrogens with one attached hydrogen (secondary N) is 1. The normalized spacial score (nSPS) is 10.1. The number of imidazole rings is 1. The van der Waals surface area contributed by atoms with Crippen LogP contribution in [0, 0.1) is 0 Å². The van der Waals surface area contributed by atoms with Gasteiger partial charge >= 0.3 is 0 Å². The third-order valence-corrected chi connectivity index (χ3v) is 2.31. The van der Waals surface area contributed by atoms with E-state index in [1.54, 1.807) is 13.3 Å². The Morgan fingerprint density at radius 3 is 2.50 bits per heavy atom. The first-order valence-corrected chi connectivity index (χ1v) is 4.91. The number of ether oxygens (including phenoxy) is 1. The number of Topliss-reactive ketones (excluding diaryl/α,β-unsaturated/α-hetero) is 1. The van der Waals surface area contributed by atoms with Crippen molar-refractivity contribution in [3.05, 3.63) is 36.3 Å². The fourth-order valence-corrected chi connectivity index (χ4v) is 1.42. The second kappa shape index (κ2) is 4.18. The molecule has 0 bridgehead atoms. The Hall–Kier alpha value is -2.10. The van der Waals surface area contributed by atoms with Crippen LogP contribution in [0.15, 0.2) is 30.5 Å². The lowest BCUT2D eigenvalue weighted by Gasteiger charge is -2.00. The van der Waals surface area contributed by atoms with Gasteiger partial charge in [-0.1, -0.05) is 0 Å². The number of hydrogen-bond acceptors (Lipinski definition) is 3. The zero-order chi connectivity index (χ0) is 11.5. The van der Waals surface area contributed by atoms with Crippen LogP contribution in [0.4, 0.5) is 0 Å². The van der Waals surface area contributed by atoms with Crippen LogP contribution < -0.4 is 4.74 Å². The zero-order valence-corrected chi connectivity index (χ0v) is 9.15. The molecule has 1 N–H and O–H groups in total. The molecule has 0 amide bonds. The largest absolute Gasteiger partial charge is 0.497 e. The van der Waals surface area contributed by atoms with Gasteiger partial charge in [-0.3, -0.25) is 4.79 Å². The molecule has 0 aliphatic heterocycles. The molecule has 2 aromatic rings. The maximum absolute atomic E-state index is 11.1. The van der Waals surface area contributed by atoms with Gasteiger partial charge in [-0.05, 0) is 29.8 Å². The van der Waals surface area contributed by atoms with E-state index in [-0.39, 0.29) is 5.78 Å². The van der Waals surface area contributed by atoms with Gasteiger partial charge in [-0.25, -0.2) is 4.98 Å². The number of rotatable bonds is 3. The smallest absolute Gasteiger partial charge is 0.194 e. The summed E-state index contributed by atoms with van der Waals surface area (Å²) in [6.07, 6.45) is 1.65. The van der Waals surface area contributed by atoms with E-state index in [0.717, 1.165) is 17.0 Å². The minimum atomic E-state index is -0.0697. The van der Waals surface area contributed by atoms with Crippen molar-refractivity contribution < 1.29 is 9.53 Å². The Balaban J connectivity index is 2.31. The fourth-order valence-electron chi connectivity index (χ4n) is 1.42. The number of benzene rings is 1. The number of methoxy groups -OCH3 is 1. The van der Waals surface area contributed by atoms with Crippen molar-refractivity contribution in [3.8, 4) is 17.0 Å². The third kappa shape index (κ3) is 1.95. The van der Waals surface area contributed by atoms with Crippen molar-refractivity contribution >= 4 is 5.78 Å². The summed E-state index contributed by atoms with van der Waals surface area (Å²) in [5.41, 5.74) is 1.80. The summed E-state index contributed by atoms with van der Waals surface area (Å²) >= 11 is 0. The van der Waals surface area contributed by atoms with Crippen molar-refractivity contribution in [2.75, 3.05) is 7.11 Å². The number of aromatic nitrogens is 2. The number of ketones is 1. The molecular formula is C12H12N2O2. The van der Waals surface area contributed by atoms with Crippen LogP contribution in [0.5, 0.6) is 5.75 Å². The Bertz CT molecular complexity index is 500. The molecule has 0 atom stereocenters. The van der Waals surface area contributed by atoms with E-state index in [4.69, 9.17) is 4.74 Å². The highest BCUT2D eigenvalue weighted by Gasteiger charge is 2.06. The van der Waals surface area contributed by atoms with Crippen molar-refractivity contribution in [1.82, 2.24) is 9.97 Å². The molecule has 0 aliphatic carbocycles. The maximum atomic E-state index is 11.1. The van der Waals surface area contributed by atoms with Crippen molar-refractivity contribution in [3.63, 3.8) is 0 Å². The first-order valence-electron chi connectivity index (χ1n) is 4.91. The second-order valence-electron chi connectivity index (χ2n) is 3.43. The van der Waals surface area contributed by atoms with Gasteiger partial charge in [-0.15, -0.1) is 0 Å². The predicted molar refractivity (Wildman–Crippen MR) is 60.6 cm³/mol. The highest BCUT2D eigenvalue weighted by molar-refractivity contribution is 5.91. The van der Waals surface area contributed by atoms with E-state index in [9.17, 15) is 4.79 Å². The van der Waals surface area contributed by atoms with Gasteiger partial charge in [0.05, 0.1) is 19.0 Å². The predicted octanol–water partition coefficient (Wildman–Crippen LogP) is 2.29. The molecule has 0 fully saturated rings. The van der Waals surface area contributed by atoms with E-state index >= 15 is 0 Å². The lowest BCUT2D eigenvalue weighted by Crippen LogP contribution is -1.93. The van der Waals surface area contributed by atoms with Gasteiger partial charge in [0, 0.05) is 6.92 Å². The summed E-state index contributed by atoms with van der Waals surface area (Å²) in [5, 5.41) is 0. The number of aromatic amines is 1. The van der Waals surface area contributed by atoms with Crippen LogP contribution in [-0.4, -0.2) is 22.9 Å². The standard InChI is InChI=1S/C12H12N2O2/c1-8(15)12-13-7-11(14-12)9-3-5-10(16-2)6-4-9/h3-7H,1-2H3,(H,13,14). The van der Waals surface area contributed by atoms with Crippen molar-refractivity contribution in [2.45, 2.75) is 6.92 Å². The monoisotopic (exact) mass is 216 g/mol. The zero-order valence-electron chi connectivity index (χ0n) is 9.15. The third-order valence-electron chi connectivity index (χ3n) is 2.31. The molecule has 1 aromatic carbocycles. The van der Waals surface area contributed by atoms with Crippen molar-refractivity contribution in [1.29, 1.82) is 0 Å². The maximum Gasteiger partial charge on any atom is 0.194 e. The Kier molecular flexibility index (Phi) is 2.72. The first-order chi connectivity index (χ1) is 7.70. The minimum Gasteiger partial charge on any atom is -0.497 e. The van der Waals surface area contributed by atoms with Crippen LogP contribution in [0.2, 0.25) is 0 Å². The van der Waals surface area contributed by atoms with E-state index in [1.165, 1.54) is 6.92 Å². The van der Waals surface area contributed by atoms with Gasteiger partial charge in [0.25, 0.3) is 0 Å². The highest BCUT2D eigenvalue weighted by Crippen LogP contribution is 2.20. The lowest BCUT2D eigenvalue weighted by atomic mass is 10.2. The molecule has 4 nitrogen and oxygen atoms in total. The fraction of sp³-hybridized carbons (Fsp3) is 0.167. The van der Waals surface area contributed by atoms with Gasteiger partial charge in [0.1, 0.15) is 5.75 Å². The Morgan fingerprint density at radius 1 is 1.31 bits per heavy atom. The van der Waals surface area contributed by atoms with Gasteiger partial charge in [0.15, 0.2) is 11.6 Å². The summed E-state index contributed by atoms with van der Waals surface area (Å²) in [7, 11) is 1.62. The van der Waals surface area contributed by atoms with Gasteiger partial charge in [-0.2, -0.15) is 0 Å². The molecule has 1 aromatic heterocycles. The van der Waals surface area contributed by atoms with Crippen LogP contribution in [0.25, 0.3) is 11.3 Å². The van der Waals surface area contributed by atoms with E-state index in [1.807, 2.05) is 24.3 Å². The molecule has 16 heavy (non-hydrogen) atoms. The number of nitrogens with zero attached hydrogens (tertiary/aromatic N) is 1. The Labute approximate surface area is 93.3 Å². The molecule has 0 saturated carbocycles. The quantitative estimate of drug-likeness (QED) is 0.801. The molecule has 0 radical (unpaired) electrons. The molecule has 82 valence electrons. The first kappa shape index (κ1) is 10.4. The molecule has 0 aliphatic rings. The lowest BCUT2D eigenvalue weighted by molar-refractivity contribution is 0.100. The summed E-state index contributed by atoms with van der Waals surface area (Å²) < 4.78 is 5.07. The molecule has 2 rings (SSSR count).